The summed E-state index contributed by atoms with van der Waals surface area (Å²) in [7, 11) is 0. The van der Waals surface area contributed by atoms with E-state index >= 15 is 0 Å². The molecule has 68 valence electrons. The van der Waals surface area contributed by atoms with Crippen LogP contribution in [-0.4, -0.2) is 10.1 Å². The van der Waals surface area contributed by atoms with Gasteiger partial charge in [0.2, 0.25) is 0 Å². The fraction of sp³-hybridized carbons (Fsp3) is 0.143. The minimum absolute atomic E-state index is 0.0296. The molecule has 1 heterocycles. The second-order valence-electron chi connectivity index (χ2n) is 2.14. The quantitative estimate of drug-likeness (QED) is 0.638. The average molecular weight is 296 g/mol. The van der Waals surface area contributed by atoms with Gasteiger partial charge in [-0.15, -0.1) is 0 Å². The van der Waals surface area contributed by atoms with Crippen LogP contribution in [0.1, 0.15) is 17.6 Å². The number of nitrogens with zero attached hydrogens (tertiary/aromatic N) is 2. The van der Waals surface area contributed by atoms with E-state index in [2.05, 4.69) is 4.98 Å². The molecule has 1 rings (SSSR count). The van der Waals surface area contributed by atoms with Crippen LogP contribution in [0.15, 0.2) is 6.20 Å². The average Bonchev–Trinajstić information content (AvgIpc) is 2.07. The Morgan fingerprint density at radius 3 is 2.62 bits per heavy atom. The Hall–Kier alpha value is -0.970. The van der Waals surface area contributed by atoms with Gasteiger partial charge in [0.1, 0.15) is 15.3 Å². The first kappa shape index (κ1) is 10.1. The summed E-state index contributed by atoms with van der Waals surface area (Å²) < 4.78 is 24.7. The van der Waals surface area contributed by atoms with E-state index in [1.165, 1.54) is 6.07 Å². The molecule has 1 aromatic heterocycles. The van der Waals surface area contributed by atoms with Crippen LogP contribution >= 0.6 is 22.6 Å². The summed E-state index contributed by atoms with van der Waals surface area (Å²) >= 11 is 1.59. The van der Waals surface area contributed by atoms with Crippen molar-refractivity contribution < 1.29 is 13.9 Å². The first-order valence-corrected chi connectivity index (χ1v) is 4.21. The van der Waals surface area contributed by atoms with E-state index in [-0.39, 0.29) is 3.70 Å². The SMILES string of the molecule is N#Cc1c(O)cnc(I)c1C(F)F. The largest absolute Gasteiger partial charge is 0.505 e. The Labute approximate surface area is 86.2 Å². The van der Waals surface area contributed by atoms with Gasteiger partial charge in [0.25, 0.3) is 6.43 Å². The summed E-state index contributed by atoms with van der Waals surface area (Å²) in [5.41, 5.74) is -0.919. The van der Waals surface area contributed by atoms with Gasteiger partial charge in [-0.05, 0) is 22.6 Å². The molecule has 0 aliphatic carbocycles. The zero-order valence-corrected chi connectivity index (χ0v) is 8.29. The van der Waals surface area contributed by atoms with Crippen LogP contribution < -0.4 is 0 Å². The van der Waals surface area contributed by atoms with Crippen molar-refractivity contribution in [1.29, 1.82) is 5.26 Å². The number of rotatable bonds is 1. The summed E-state index contributed by atoms with van der Waals surface area (Å²) in [4.78, 5) is 3.51. The molecule has 6 heteroatoms. The fourth-order valence-electron chi connectivity index (χ4n) is 0.810. The second kappa shape index (κ2) is 3.83. The number of alkyl halides is 2. The number of halogens is 3. The Morgan fingerprint density at radius 2 is 2.23 bits per heavy atom. The van der Waals surface area contributed by atoms with Crippen molar-refractivity contribution in [2.45, 2.75) is 6.43 Å². The van der Waals surface area contributed by atoms with Gasteiger partial charge in [0.15, 0.2) is 5.75 Å². The Kier molecular flexibility index (Phi) is 2.98. The van der Waals surface area contributed by atoms with Crippen LogP contribution in [0.25, 0.3) is 0 Å². The Balaban J connectivity index is 3.46. The fourth-order valence-corrected chi connectivity index (χ4v) is 1.45. The van der Waals surface area contributed by atoms with Crippen molar-refractivity contribution >= 4 is 22.6 Å². The van der Waals surface area contributed by atoms with Gasteiger partial charge in [-0.3, -0.25) is 0 Å². The smallest absolute Gasteiger partial charge is 0.267 e. The van der Waals surface area contributed by atoms with Crippen LogP contribution in [0.5, 0.6) is 5.75 Å². The highest BCUT2D eigenvalue weighted by molar-refractivity contribution is 14.1. The molecular weight excluding hydrogens is 293 g/mol. The van der Waals surface area contributed by atoms with E-state index in [4.69, 9.17) is 10.4 Å². The molecule has 0 aromatic carbocycles. The molecule has 0 atom stereocenters. The lowest BCUT2D eigenvalue weighted by Crippen LogP contribution is -1.97. The summed E-state index contributed by atoms with van der Waals surface area (Å²) in [6.07, 6.45) is -1.83. The number of aromatic hydroxyl groups is 1. The van der Waals surface area contributed by atoms with E-state index in [0.29, 0.717) is 0 Å². The highest BCUT2D eigenvalue weighted by Crippen LogP contribution is 2.30. The normalized spacial score (nSPS) is 10.1. The first-order valence-electron chi connectivity index (χ1n) is 3.13. The van der Waals surface area contributed by atoms with E-state index < -0.39 is 23.3 Å². The Bertz CT molecular complexity index is 375. The summed E-state index contributed by atoms with van der Waals surface area (Å²) in [5, 5.41) is 17.5. The number of hydrogen-bond donors (Lipinski definition) is 1. The van der Waals surface area contributed by atoms with Gasteiger partial charge in [0.05, 0.1) is 11.8 Å². The molecule has 0 bridgehead atoms. The number of hydrogen-bond acceptors (Lipinski definition) is 3. The van der Waals surface area contributed by atoms with Crippen LogP contribution in [-0.2, 0) is 0 Å². The summed E-state index contributed by atoms with van der Waals surface area (Å²) in [6.45, 7) is 0. The van der Waals surface area contributed by atoms with E-state index in [9.17, 15) is 8.78 Å². The lowest BCUT2D eigenvalue weighted by Gasteiger charge is -2.05. The molecule has 0 unspecified atom stereocenters. The van der Waals surface area contributed by atoms with E-state index in [1.807, 2.05) is 0 Å². The summed E-state index contributed by atoms with van der Waals surface area (Å²) in [6, 6.07) is 1.51. The molecule has 0 aliphatic rings. The predicted molar refractivity (Wildman–Crippen MR) is 48.3 cm³/mol. The van der Waals surface area contributed by atoms with E-state index in [1.54, 1.807) is 22.6 Å². The highest BCUT2D eigenvalue weighted by Gasteiger charge is 2.20. The molecule has 0 fully saturated rings. The number of aromatic nitrogens is 1. The van der Waals surface area contributed by atoms with Gasteiger partial charge in [0, 0.05) is 0 Å². The van der Waals surface area contributed by atoms with Gasteiger partial charge in [-0.1, -0.05) is 0 Å². The Morgan fingerprint density at radius 1 is 1.62 bits per heavy atom. The third-order valence-corrected chi connectivity index (χ3v) is 2.24. The third-order valence-electron chi connectivity index (χ3n) is 1.38. The van der Waals surface area contributed by atoms with Crippen molar-refractivity contribution in [3.05, 3.63) is 21.0 Å². The van der Waals surface area contributed by atoms with Crippen molar-refractivity contribution in [2.75, 3.05) is 0 Å². The maximum absolute atomic E-state index is 12.3. The molecule has 1 aromatic rings. The van der Waals surface area contributed by atoms with Gasteiger partial charge >= 0.3 is 0 Å². The molecule has 0 radical (unpaired) electrons. The van der Waals surface area contributed by atoms with Crippen LogP contribution in [0.4, 0.5) is 8.78 Å². The molecule has 0 saturated heterocycles. The zero-order chi connectivity index (χ0) is 10.0. The zero-order valence-electron chi connectivity index (χ0n) is 6.13. The monoisotopic (exact) mass is 296 g/mol. The molecule has 3 nitrogen and oxygen atoms in total. The minimum atomic E-state index is -2.80. The predicted octanol–water partition coefficient (Wildman–Crippen LogP) is 2.20. The lowest BCUT2D eigenvalue weighted by molar-refractivity contribution is 0.149. The van der Waals surface area contributed by atoms with Crippen molar-refractivity contribution in [3.63, 3.8) is 0 Å². The highest BCUT2D eigenvalue weighted by atomic mass is 127. The number of nitriles is 1. The first-order chi connectivity index (χ1) is 6.07. The lowest BCUT2D eigenvalue weighted by atomic mass is 10.1. The standard InChI is InChI=1S/C7H3F2IN2O/c8-6(9)5-3(1-11)4(13)2-12-7(5)10/h2,6,13H. The van der Waals surface area contributed by atoms with Gasteiger partial charge < -0.3 is 5.11 Å². The minimum Gasteiger partial charge on any atom is -0.505 e. The summed E-state index contributed by atoms with van der Waals surface area (Å²) in [5.74, 6) is -0.516. The topological polar surface area (TPSA) is 56.9 Å². The molecule has 1 N–H and O–H groups in total. The number of pyridine rings is 1. The van der Waals surface area contributed by atoms with E-state index in [0.717, 1.165) is 6.20 Å². The second-order valence-corrected chi connectivity index (χ2v) is 3.16. The molecule has 0 spiro atoms. The molecular formula is C7H3F2IN2O. The maximum Gasteiger partial charge on any atom is 0.267 e. The molecule has 0 aliphatic heterocycles. The van der Waals surface area contributed by atoms with Crippen LogP contribution in [0.3, 0.4) is 0 Å². The maximum atomic E-state index is 12.3. The van der Waals surface area contributed by atoms with Crippen molar-refractivity contribution in [3.8, 4) is 11.8 Å². The third kappa shape index (κ3) is 1.85. The molecule has 0 amide bonds. The van der Waals surface area contributed by atoms with Crippen LogP contribution in [0, 0.1) is 15.0 Å². The molecule has 0 saturated carbocycles. The van der Waals surface area contributed by atoms with Gasteiger partial charge in [-0.2, -0.15) is 5.26 Å². The van der Waals surface area contributed by atoms with Crippen molar-refractivity contribution in [1.82, 2.24) is 4.98 Å². The molecule has 13 heavy (non-hydrogen) atoms. The van der Waals surface area contributed by atoms with Gasteiger partial charge in [-0.25, -0.2) is 13.8 Å². The van der Waals surface area contributed by atoms with Crippen LogP contribution in [0.2, 0.25) is 0 Å². The van der Waals surface area contributed by atoms with Crippen molar-refractivity contribution in [2.24, 2.45) is 0 Å².